The van der Waals surface area contributed by atoms with Crippen LogP contribution in [-0.2, 0) is 0 Å². The van der Waals surface area contributed by atoms with Gasteiger partial charge in [-0.25, -0.2) is 4.98 Å². The van der Waals surface area contributed by atoms with E-state index < -0.39 is 0 Å². The normalized spacial score (nSPS) is 10.5. The van der Waals surface area contributed by atoms with Gasteiger partial charge in [-0.1, -0.05) is 0 Å². The molecule has 3 heterocycles. The summed E-state index contributed by atoms with van der Waals surface area (Å²) in [5, 5.41) is 0. The highest BCUT2D eigenvalue weighted by atomic mass is 79.9. The third-order valence-corrected chi connectivity index (χ3v) is 2.64. The van der Waals surface area contributed by atoms with Crippen LogP contribution in [-0.4, -0.2) is 19.9 Å². The van der Waals surface area contributed by atoms with Gasteiger partial charge in [0.2, 0.25) is 5.88 Å². The summed E-state index contributed by atoms with van der Waals surface area (Å²) in [7, 11) is 0. The Balaban J connectivity index is 1.95. The number of nitrogens with zero attached hydrogens (tertiary/aromatic N) is 4. The second-order valence-corrected chi connectivity index (χ2v) is 4.41. The van der Waals surface area contributed by atoms with Gasteiger partial charge in [0.1, 0.15) is 11.3 Å². The number of hydrogen-bond donors (Lipinski definition) is 0. The summed E-state index contributed by atoms with van der Waals surface area (Å²) in [5.74, 6) is 1.07. The quantitative estimate of drug-likeness (QED) is 0.728. The monoisotopic (exact) mass is 302 g/mol. The molecule has 0 bridgehead atoms. The molecular formula is C12H7BrN4O. The van der Waals surface area contributed by atoms with Crippen molar-refractivity contribution in [3.63, 3.8) is 0 Å². The lowest BCUT2D eigenvalue weighted by atomic mass is 10.4. The van der Waals surface area contributed by atoms with E-state index in [4.69, 9.17) is 4.74 Å². The van der Waals surface area contributed by atoms with Crippen LogP contribution in [0.15, 0.2) is 47.5 Å². The van der Waals surface area contributed by atoms with Crippen molar-refractivity contribution < 1.29 is 4.74 Å². The molecule has 0 radical (unpaired) electrons. The molecule has 6 heteroatoms. The van der Waals surface area contributed by atoms with Gasteiger partial charge in [-0.15, -0.1) is 0 Å². The third kappa shape index (κ3) is 2.28. The summed E-state index contributed by atoms with van der Waals surface area (Å²) in [6.45, 7) is 0. The van der Waals surface area contributed by atoms with Crippen molar-refractivity contribution in [3.8, 4) is 11.6 Å². The second-order valence-electron chi connectivity index (χ2n) is 3.49. The minimum Gasteiger partial charge on any atom is -0.437 e. The number of pyridine rings is 2. The van der Waals surface area contributed by atoms with Crippen LogP contribution in [0.1, 0.15) is 0 Å². The first kappa shape index (κ1) is 11.0. The molecule has 0 aliphatic rings. The average Bonchev–Trinajstić information content (AvgIpc) is 2.39. The van der Waals surface area contributed by atoms with E-state index in [0.29, 0.717) is 17.3 Å². The molecule has 88 valence electrons. The summed E-state index contributed by atoms with van der Waals surface area (Å²) >= 11 is 3.33. The smallest absolute Gasteiger partial charge is 0.221 e. The molecule has 5 nitrogen and oxygen atoms in total. The van der Waals surface area contributed by atoms with Gasteiger partial charge in [0.15, 0.2) is 5.65 Å². The fourth-order valence-corrected chi connectivity index (χ4v) is 1.81. The fourth-order valence-electron chi connectivity index (χ4n) is 1.46. The highest BCUT2D eigenvalue weighted by molar-refractivity contribution is 9.10. The van der Waals surface area contributed by atoms with Crippen LogP contribution in [0.4, 0.5) is 0 Å². The summed E-state index contributed by atoms with van der Waals surface area (Å²) in [6.07, 6.45) is 6.53. The van der Waals surface area contributed by atoms with E-state index in [1.165, 1.54) is 0 Å². The molecule has 0 aromatic carbocycles. The molecule has 0 unspecified atom stereocenters. The number of halogens is 1. The molecule has 0 N–H and O–H groups in total. The van der Waals surface area contributed by atoms with Crippen molar-refractivity contribution in [2.75, 3.05) is 0 Å². The summed E-state index contributed by atoms with van der Waals surface area (Å²) in [4.78, 5) is 16.5. The van der Waals surface area contributed by atoms with Crippen LogP contribution in [0.25, 0.3) is 11.2 Å². The van der Waals surface area contributed by atoms with Crippen LogP contribution >= 0.6 is 15.9 Å². The summed E-state index contributed by atoms with van der Waals surface area (Å²) < 4.78 is 6.44. The zero-order valence-electron chi connectivity index (χ0n) is 9.12. The zero-order chi connectivity index (χ0) is 12.4. The highest BCUT2D eigenvalue weighted by Crippen LogP contribution is 2.22. The molecule has 0 spiro atoms. The van der Waals surface area contributed by atoms with E-state index >= 15 is 0 Å². The van der Waals surface area contributed by atoms with Crippen LogP contribution < -0.4 is 4.74 Å². The zero-order valence-corrected chi connectivity index (χ0v) is 10.7. The predicted octanol–water partition coefficient (Wildman–Crippen LogP) is 2.97. The minimum atomic E-state index is 0.461. The van der Waals surface area contributed by atoms with E-state index in [2.05, 4.69) is 35.9 Å². The maximum absolute atomic E-state index is 5.60. The van der Waals surface area contributed by atoms with Gasteiger partial charge in [-0.2, -0.15) is 4.98 Å². The van der Waals surface area contributed by atoms with Crippen molar-refractivity contribution in [1.29, 1.82) is 0 Å². The molecule has 0 saturated carbocycles. The molecule has 3 rings (SSSR count). The van der Waals surface area contributed by atoms with Crippen LogP contribution in [0.5, 0.6) is 11.6 Å². The van der Waals surface area contributed by atoms with E-state index in [1.54, 1.807) is 30.9 Å². The topological polar surface area (TPSA) is 60.8 Å². The second kappa shape index (κ2) is 4.66. The lowest BCUT2D eigenvalue weighted by molar-refractivity contribution is 0.462. The number of rotatable bonds is 2. The van der Waals surface area contributed by atoms with Gasteiger partial charge in [0, 0.05) is 29.1 Å². The minimum absolute atomic E-state index is 0.461. The lowest BCUT2D eigenvalue weighted by Gasteiger charge is -2.04. The Hall–Kier alpha value is -2.08. The maximum Gasteiger partial charge on any atom is 0.221 e. The van der Waals surface area contributed by atoms with Crippen LogP contribution in [0.3, 0.4) is 0 Å². The molecule has 3 aromatic heterocycles. The molecule has 0 saturated heterocycles. The molecular weight excluding hydrogens is 296 g/mol. The van der Waals surface area contributed by atoms with Gasteiger partial charge in [-0.3, -0.25) is 9.97 Å². The Labute approximate surface area is 111 Å². The Morgan fingerprint density at radius 2 is 1.94 bits per heavy atom. The maximum atomic E-state index is 5.60. The van der Waals surface area contributed by atoms with E-state index in [9.17, 15) is 0 Å². The largest absolute Gasteiger partial charge is 0.437 e. The SMILES string of the molecule is Brc1cncc(Oc2ccc3nccnc3n2)c1. The summed E-state index contributed by atoms with van der Waals surface area (Å²) in [6, 6.07) is 5.38. The van der Waals surface area contributed by atoms with Crippen molar-refractivity contribution in [2.24, 2.45) is 0 Å². The van der Waals surface area contributed by atoms with Gasteiger partial charge in [-0.05, 0) is 28.1 Å². The van der Waals surface area contributed by atoms with Gasteiger partial charge >= 0.3 is 0 Å². The Morgan fingerprint density at radius 1 is 1.06 bits per heavy atom. The van der Waals surface area contributed by atoms with Crippen molar-refractivity contribution in [3.05, 3.63) is 47.5 Å². The van der Waals surface area contributed by atoms with E-state index in [-0.39, 0.29) is 0 Å². The molecule has 18 heavy (non-hydrogen) atoms. The molecule has 0 amide bonds. The molecule has 3 aromatic rings. The molecule has 0 aliphatic heterocycles. The number of ether oxygens (including phenoxy) is 1. The predicted molar refractivity (Wildman–Crippen MR) is 69.3 cm³/mol. The van der Waals surface area contributed by atoms with Gasteiger partial charge < -0.3 is 4.74 Å². The first-order valence-electron chi connectivity index (χ1n) is 5.17. The van der Waals surface area contributed by atoms with E-state index in [0.717, 1.165) is 9.99 Å². The Bertz CT molecular complexity index is 704. The Morgan fingerprint density at radius 3 is 2.83 bits per heavy atom. The number of fused-ring (bicyclic) bond motifs is 1. The number of hydrogen-bond acceptors (Lipinski definition) is 5. The highest BCUT2D eigenvalue weighted by Gasteiger charge is 2.03. The molecule has 0 atom stereocenters. The van der Waals surface area contributed by atoms with Crippen LogP contribution in [0, 0.1) is 0 Å². The first-order chi connectivity index (χ1) is 8.81. The Kier molecular flexibility index (Phi) is 2.85. The fraction of sp³-hybridized carbons (Fsp3) is 0. The van der Waals surface area contributed by atoms with Gasteiger partial charge in [0.05, 0.1) is 6.20 Å². The van der Waals surface area contributed by atoms with Crippen molar-refractivity contribution in [1.82, 2.24) is 19.9 Å². The molecule has 0 fully saturated rings. The lowest BCUT2D eigenvalue weighted by Crippen LogP contribution is -1.91. The first-order valence-corrected chi connectivity index (χ1v) is 5.97. The number of aromatic nitrogens is 4. The van der Waals surface area contributed by atoms with Crippen molar-refractivity contribution in [2.45, 2.75) is 0 Å². The van der Waals surface area contributed by atoms with Crippen molar-refractivity contribution >= 4 is 27.1 Å². The average molecular weight is 303 g/mol. The van der Waals surface area contributed by atoms with Gasteiger partial charge in [0.25, 0.3) is 0 Å². The summed E-state index contributed by atoms with van der Waals surface area (Å²) in [5.41, 5.74) is 1.29. The van der Waals surface area contributed by atoms with E-state index in [1.807, 2.05) is 12.1 Å². The molecule has 0 aliphatic carbocycles. The standard InChI is InChI=1S/C12H7BrN4O/c13-8-5-9(7-14-6-8)18-11-2-1-10-12(17-11)16-4-3-15-10/h1-7H. The third-order valence-electron chi connectivity index (χ3n) is 2.21. The van der Waals surface area contributed by atoms with Crippen LogP contribution in [0.2, 0.25) is 0 Å².